The lowest BCUT2D eigenvalue weighted by Gasteiger charge is -2.17. The van der Waals surface area contributed by atoms with Crippen molar-refractivity contribution >= 4 is 5.97 Å². The van der Waals surface area contributed by atoms with Crippen LogP contribution in [0.5, 0.6) is 0 Å². The number of carboxylic acid groups (broad SMARTS) is 1. The Morgan fingerprint density at radius 3 is 2.86 bits per heavy atom. The largest absolute Gasteiger partial charge is 0.480 e. The fourth-order valence-electron chi connectivity index (χ4n) is 1.22. The molecule has 1 heterocycles. The molecular formula is C9H15N3O2. The van der Waals surface area contributed by atoms with E-state index in [1.807, 2.05) is 29.6 Å². The average molecular weight is 197 g/mol. The van der Waals surface area contributed by atoms with Crippen LogP contribution in [0, 0.1) is 0 Å². The Labute approximate surface area is 83.0 Å². The van der Waals surface area contributed by atoms with Gasteiger partial charge in [0.1, 0.15) is 5.82 Å². The normalized spacial score (nSPS) is 10.8. The predicted octanol–water partition coefficient (Wildman–Crippen LogP) is 0.327. The van der Waals surface area contributed by atoms with Crippen molar-refractivity contribution in [3.63, 3.8) is 0 Å². The van der Waals surface area contributed by atoms with Crippen molar-refractivity contribution in [2.45, 2.75) is 13.5 Å². The van der Waals surface area contributed by atoms with Gasteiger partial charge >= 0.3 is 5.97 Å². The van der Waals surface area contributed by atoms with Crippen molar-refractivity contribution in [1.82, 2.24) is 14.5 Å². The van der Waals surface area contributed by atoms with Gasteiger partial charge in [-0.2, -0.15) is 0 Å². The van der Waals surface area contributed by atoms with Gasteiger partial charge < -0.3 is 9.67 Å². The van der Waals surface area contributed by atoms with Crippen LogP contribution in [-0.2, 0) is 18.4 Å². The third-order valence-electron chi connectivity index (χ3n) is 2.09. The van der Waals surface area contributed by atoms with Gasteiger partial charge in [-0.3, -0.25) is 9.69 Å². The van der Waals surface area contributed by atoms with Gasteiger partial charge in [0.05, 0.1) is 13.1 Å². The lowest BCUT2D eigenvalue weighted by Crippen LogP contribution is -2.30. The highest BCUT2D eigenvalue weighted by molar-refractivity contribution is 5.69. The molecule has 0 saturated carbocycles. The van der Waals surface area contributed by atoms with Crippen LogP contribution in [0.2, 0.25) is 0 Å². The zero-order valence-electron chi connectivity index (χ0n) is 8.47. The van der Waals surface area contributed by atoms with E-state index in [-0.39, 0.29) is 6.54 Å². The number of nitrogens with zero attached hydrogens (tertiary/aromatic N) is 3. The van der Waals surface area contributed by atoms with Crippen LogP contribution < -0.4 is 0 Å². The van der Waals surface area contributed by atoms with Gasteiger partial charge in [0.15, 0.2) is 0 Å². The SMILES string of the molecule is CCN(CC(=O)O)Cc1nccn1C. The van der Waals surface area contributed by atoms with E-state index in [1.54, 1.807) is 6.20 Å². The van der Waals surface area contributed by atoms with Crippen molar-refractivity contribution in [3.8, 4) is 0 Å². The minimum atomic E-state index is -0.805. The quantitative estimate of drug-likeness (QED) is 0.738. The molecule has 0 aliphatic carbocycles. The number of aryl methyl sites for hydroxylation is 1. The molecular weight excluding hydrogens is 182 g/mol. The van der Waals surface area contributed by atoms with E-state index in [9.17, 15) is 4.79 Å². The van der Waals surface area contributed by atoms with Gasteiger partial charge in [0.25, 0.3) is 0 Å². The van der Waals surface area contributed by atoms with Crippen molar-refractivity contribution in [2.24, 2.45) is 7.05 Å². The van der Waals surface area contributed by atoms with Crippen molar-refractivity contribution in [3.05, 3.63) is 18.2 Å². The summed E-state index contributed by atoms with van der Waals surface area (Å²) in [4.78, 5) is 16.5. The Hall–Kier alpha value is -1.36. The fourth-order valence-corrected chi connectivity index (χ4v) is 1.22. The Morgan fingerprint density at radius 2 is 2.43 bits per heavy atom. The van der Waals surface area contributed by atoms with Crippen LogP contribution in [0.25, 0.3) is 0 Å². The minimum absolute atomic E-state index is 0.0589. The number of aromatic nitrogens is 2. The summed E-state index contributed by atoms with van der Waals surface area (Å²) >= 11 is 0. The number of imidazole rings is 1. The first kappa shape index (κ1) is 10.7. The molecule has 0 aromatic carbocycles. The molecule has 0 radical (unpaired) electrons. The average Bonchev–Trinajstić information content (AvgIpc) is 2.50. The molecule has 1 N–H and O–H groups in total. The first-order chi connectivity index (χ1) is 6.63. The Kier molecular flexibility index (Phi) is 3.64. The monoisotopic (exact) mass is 197 g/mol. The Balaban J connectivity index is 2.57. The van der Waals surface area contributed by atoms with Crippen LogP contribution in [0.4, 0.5) is 0 Å². The summed E-state index contributed by atoms with van der Waals surface area (Å²) < 4.78 is 1.89. The number of carboxylic acids is 1. The molecule has 1 rings (SSSR count). The number of likely N-dealkylation sites (N-methyl/N-ethyl adjacent to an activating group) is 1. The molecule has 14 heavy (non-hydrogen) atoms. The van der Waals surface area contributed by atoms with Crippen molar-refractivity contribution in [2.75, 3.05) is 13.1 Å². The van der Waals surface area contributed by atoms with E-state index in [0.29, 0.717) is 13.1 Å². The van der Waals surface area contributed by atoms with Gasteiger partial charge in [-0.25, -0.2) is 4.98 Å². The molecule has 1 aromatic heterocycles. The second kappa shape index (κ2) is 4.76. The maximum atomic E-state index is 10.5. The summed E-state index contributed by atoms with van der Waals surface area (Å²) in [5.74, 6) is 0.0779. The maximum absolute atomic E-state index is 10.5. The zero-order valence-corrected chi connectivity index (χ0v) is 8.47. The van der Waals surface area contributed by atoms with E-state index < -0.39 is 5.97 Å². The van der Waals surface area contributed by atoms with Gasteiger partial charge in [0, 0.05) is 19.4 Å². The number of rotatable bonds is 5. The lowest BCUT2D eigenvalue weighted by molar-refractivity contribution is -0.138. The molecule has 78 valence electrons. The fraction of sp³-hybridized carbons (Fsp3) is 0.556. The maximum Gasteiger partial charge on any atom is 0.317 e. The standard InChI is InChI=1S/C9H15N3O2/c1-3-12(7-9(13)14)6-8-10-4-5-11(8)2/h4-5H,3,6-7H2,1-2H3,(H,13,14). The summed E-state index contributed by atoms with van der Waals surface area (Å²) in [7, 11) is 1.90. The van der Waals surface area contributed by atoms with Crippen molar-refractivity contribution in [1.29, 1.82) is 0 Å². The summed E-state index contributed by atoms with van der Waals surface area (Å²) in [6, 6.07) is 0. The third kappa shape index (κ3) is 2.85. The molecule has 5 heteroatoms. The lowest BCUT2D eigenvalue weighted by atomic mass is 10.4. The molecule has 0 fully saturated rings. The van der Waals surface area contributed by atoms with E-state index in [0.717, 1.165) is 5.82 Å². The predicted molar refractivity (Wildman–Crippen MR) is 51.8 cm³/mol. The first-order valence-electron chi connectivity index (χ1n) is 4.53. The first-order valence-corrected chi connectivity index (χ1v) is 4.53. The molecule has 0 unspecified atom stereocenters. The molecule has 5 nitrogen and oxygen atoms in total. The van der Waals surface area contributed by atoms with E-state index in [2.05, 4.69) is 4.98 Å². The molecule has 0 saturated heterocycles. The summed E-state index contributed by atoms with van der Waals surface area (Å²) in [6.45, 7) is 3.28. The van der Waals surface area contributed by atoms with Crippen LogP contribution >= 0.6 is 0 Å². The summed E-state index contributed by atoms with van der Waals surface area (Å²) in [6.07, 6.45) is 3.56. The van der Waals surface area contributed by atoms with E-state index >= 15 is 0 Å². The molecule has 0 spiro atoms. The topological polar surface area (TPSA) is 58.4 Å². The molecule has 1 aromatic rings. The molecule has 0 atom stereocenters. The van der Waals surface area contributed by atoms with Gasteiger partial charge in [-0.15, -0.1) is 0 Å². The minimum Gasteiger partial charge on any atom is -0.480 e. The van der Waals surface area contributed by atoms with Crippen molar-refractivity contribution < 1.29 is 9.90 Å². The Morgan fingerprint density at radius 1 is 1.71 bits per heavy atom. The molecule has 0 aliphatic rings. The molecule has 0 amide bonds. The number of carbonyl (C=O) groups is 1. The number of aliphatic carboxylic acids is 1. The third-order valence-corrected chi connectivity index (χ3v) is 2.09. The highest BCUT2D eigenvalue weighted by Gasteiger charge is 2.10. The highest BCUT2D eigenvalue weighted by Crippen LogP contribution is 2.00. The summed E-state index contributed by atoms with van der Waals surface area (Å²) in [5.41, 5.74) is 0. The second-order valence-electron chi connectivity index (χ2n) is 3.15. The number of hydrogen-bond acceptors (Lipinski definition) is 3. The van der Waals surface area contributed by atoms with Gasteiger partial charge in [-0.05, 0) is 6.54 Å². The van der Waals surface area contributed by atoms with E-state index in [4.69, 9.17) is 5.11 Å². The highest BCUT2D eigenvalue weighted by atomic mass is 16.4. The Bertz CT molecular complexity index is 309. The molecule has 0 aliphatic heterocycles. The summed E-state index contributed by atoms with van der Waals surface area (Å²) in [5, 5.41) is 8.64. The second-order valence-corrected chi connectivity index (χ2v) is 3.15. The van der Waals surface area contributed by atoms with Crippen LogP contribution in [0.1, 0.15) is 12.7 Å². The zero-order chi connectivity index (χ0) is 10.6. The van der Waals surface area contributed by atoms with Crippen LogP contribution in [0.3, 0.4) is 0 Å². The number of hydrogen-bond donors (Lipinski definition) is 1. The van der Waals surface area contributed by atoms with Crippen LogP contribution in [-0.4, -0.2) is 38.6 Å². The van der Waals surface area contributed by atoms with E-state index in [1.165, 1.54) is 0 Å². The van der Waals surface area contributed by atoms with Gasteiger partial charge in [-0.1, -0.05) is 6.92 Å². The molecule has 0 bridgehead atoms. The van der Waals surface area contributed by atoms with Gasteiger partial charge in [0.2, 0.25) is 0 Å². The smallest absolute Gasteiger partial charge is 0.317 e. The van der Waals surface area contributed by atoms with Crippen LogP contribution in [0.15, 0.2) is 12.4 Å².